The van der Waals surface area contributed by atoms with E-state index in [1.807, 2.05) is 45.0 Å². The number of carbonyl (C=O) groups excluding carboxylic acids is 1. The maximum atomic E-state index is 12.2. The number of nitrogens with one attached hydrogen (secondary N) is 2. The number of nitrogens with zero attached hydrogens (tertiary/aromatic N) is 3. The number of benzene rings is 3. The van der Waals surface area contributed by atoms with E-state index in [1.54, 1.807) is 0 Å². The van der Waals surface area contributed by atoms with Gasteiger partial charge < -0.3 is 19.9 Å². The van der Waals surface area contributed by atoms with Gasteiger partial charge in [-0.3, -0.25) is 9.69 Å². The molecule has 2 heterocycles. The van der Waals surface area contributed by atoms with Crippen molar-refractivity contribution in [2.45, 2.75) is 34.1 Å². The second-order valence-electron chi connectivity index (χ2n) is 11.2. The molecular formula is C32H39N5O2. The summed E-state index contributed by atoms with van der Waals surface area (Å²) in [4.78, 5) is 25.6. The number of aromatic amines is 1. The molecule has 2 N–H and O–H groups in total. The molecule has 0 aliphatic carbocycles. The SMILES string of the molecule is CCc1ccc(-c2nc3c(N4CCN(CCOc5ccc(NC(=O)C(C)(C)C)cc5)CC4)cccc3[nH]2)cc1. The molecule has 5 rings (SSSR count). The van der Waals surface area contributed by atoms with Crippen LogP contribution in [0.25, 0.3) is 22.4 Å². The van der Waals surface area contributed by atoms with Gasteiger partial charge in [-0.25, -0.2) is 4.98 Å². The molecule has 204 valence electrons. The molecule has 7 nitrogen and oxygen atoms in total. The molecule has 1 fully saturated rings. The van der Waals surface area contributed by atoms with Crippen molar-refractivity contribution >= 4 is 28.3 Å². The Bertz CT molecular complexity index is 1400. The van der Waals surface area contributed by atoms with Gasteiger partial charge in [0.25, 0.3) is 0 Å². The van der Waals surface area contributed by atoms with Crippen LogP contribution in [0.3, 0.4) is 0 Å². The second kappa shape index (κ2) is 11.5. The Balaban J connectivity index is 1.13. The fraction of sp³-hybridized carbons (Fsp3) is 0.375. The molecule has 0 atom stereocenters. The number of aromatic nitrogens is 2. The average Bonchev–Trinajstić information content (AvgIpc) is 3.39. The van der Waals surface area contributed by atoms with Crippen LogP contribution in [0, 0.1) is 5.41 Å². The van der Waals surface area contributed by atoms with Gasteiger partial charge >= 0.3 is 0 Å². The monoisotopic (exact) mass is 525 g/mol. The van der Waals surface area contributed by atoms with Crippen LogP contribution in [-0.2, 0) is 11.2 Å². The predicted molar refractivity (Wildman–Crippen MR) is 160 cm³/mol. The first-order valence-electron chi connectivity index (χ1n) is 13.9. The molecule has 1 amide bonds. The van der Waals surface area contributed by atoms with Crippen molar-refractivity contribution in [1.82, 2.24) is 14.9 Å². The molecule has 0 saturated carbocycles. The molecule has 1 aliphatic heterocycles. The molecule has 1 saturated heterocycles. The minimum Gasteiger partial charge on any atom is -0.492 e. The highest BCUT2D eigenvalue weighted by atomic mass is 16.5. The Morgan fingerprint density at radius 1 is 0.974 bits per heavy atom. The van der Waals surface area contributed by atoms with Crippen LogP contribution in [0.2, 0.25) is 0 Å². The summed E-state index contributed by atoms with van der Waals surface area (Å²) in [7, 11) is 0. The Kier molecular flexibility index (Phi) is 7.89. The molecule has 0 radical (unpaired) electrons. The van der Waals surface area contributed by atoms with Crippen molar-refractivity contribution < 1.29 is 9.53 Å². The zero-order valence-electron chi connectivity index (χ0n) is 23.5. The zero-order valence-corrected chi connectivity index (χ0v) is 23.5. The van der Waals surface area contributed by atoms with Crippen LogP contribution < -0.4 is 15.0 Å². The minimum absolute atomic E-state index is 0.000905. The van der Waals surface area contributed by atoms with Crippen LogP contribution in [0.15, 0.2) is 66.7 Å². The van der Waals surface area contributed by atoms with E-state index in [1.165, 1.54) is 11.3 Å². The molecule has 1 aromatic heterocycles. The first kappa shape index (κ1) is 26.8. The molecule has 3 aromatic carbocycles. The Morgan fingerprint density at radius 3 is 2.36 bits per heavy atom. The number of ether oxygens (including phenoxy) is 1. The number of imidazole rings is 1. The zero-order chi connectivity index (χ0) is 27.4. The lowest BCUT2D eigenvalue weighted by Crippen LogP contribution is -2.47. The van der Waals surface area contributed by atoms with Crippen LogP contribution in [0.1, 0.15) is 33.3 Å². The summed E-state index contributed by atoms with van der Waals surface area (Å²) < 4.78 is 5.98. The van der Waals surface area contributed by atoms with E-state index in [0.717, 1.165) is 73.0 Å². The summed E-state index contributed by atoms with van der Waals surface area (Å²) in [5.74, 6) is 1.73. The largest absolute Gasteiger partial charge is 0.492 e. The van der Waals surface area contributed by atoms with E-state index in [2.05, 4.69) is 69.5 Å². The maximum absolute atomic E-state index is 12.2. The number of para-hydroxylation sites is 1. The molecule has 0 unspecified atom stereocenters. The van der Waals surface area contributed by atoms with E-state index in [9.17, 15) is 4.79 Å². The highest BCUT2D eigenvalue weighted by Gasteiger charge is 2.22. The fourth-order valence-electron chi connectivity index (χ4n) is 4.77. The number of piperazine rings is 1. The summed E-state index contributed by atoms with van der Waals surface area (Å²) >= 11 is 0. The molecule has 4 aromatic rings. The van der Waals surface area contributed by atoms with Crippen LogP contribution in [0.5, 0.6) is 5.75 Å². The van der Waals surface area contributed by atoms with Crippen LogP contribution >= 0.6 is 0 Å². The van der Waals surface area contributed by atoms with Gasteiger partial charge in [-0.15, -0.1) is 0 Å². The summed E-state index contributed by atoms with van der Waals surface area (Å²) in [5.41, 5.74) is 6.10. The normalized spacial score (nSPS) is 14.5. The molecule has 7 heteroatoms. The Hall–Kier alpha value is -3.84. The summed E-state index contributed by atoms with van der Waals surface area (Å²) in [5, 5.41) is 2.95. The van der Waals surface area contributed by atoms with E-state index >= 15 is 0 Å². The third-order valence-electron chi connectivity index (χ3n) is 7.31. The summed E-state index contributed by atoms with van der Waals surface area (Å²) in [6, 6.07) is 22.6. The van der Waals surface area contributed by atoms with E-state index in [0.29, 0.717) is 6.61 Å². The molecule has 0 spiro atoms. The number of amides is 1. The molecule has 0 bridgehead atoms. The third kappa shape index (κ3) is 6.42. The highest BCUT2D eigenvalue weighted by Crippen LogP contribution is 2.29. The summed E-state index contributed by atoms with van der Waals surface area (Å²) in [6.45, 7) is 13.3. The molecular weight excluding hydrogens is 486 g/mol. The topological polar surface area (TPSA) is 73.5 Å². The number of aryl methyl sites for hydroxylation is 1. The molecule has 1 aliphatic rings. The standard InChI is InChI=1S/C32H39N5O2/c1-5-23-9-11-24(12-10-23)30-34-27-7-6-8-28(29(27)35-30)37-19-17-36(18-20-37)21-22-39-26-15-13-25(14-16-26)33-31(38)32(2,3)4/h6-16H,5,17-22H2,1-4H3,(H,33,38)(H,34,35). The molecule has 39 heavy (non-hydrogen) atoms. The van der Waals surface area contributed by atoms with Gasteiger partial charge in [0.15, 0.2) is 0 Å². The number of fused-ring (bicyclic) bond motifs is 1. The van der Waals surface area contributed by atoms with Crippen molar-refractivity contribution in [3.8, 4) is 17.1 Å². The quantitative estimate of drug-likeness (QED) is 0.296. The number of hydrogen-bond donors (Lipinski definition) is 2. The van der Waals surface area contributed by atoms with Gasteiger partial charge in [-0.05, 0) is 48.4 Å². The van der Waals surface area contributed by atoms with Crippen molar-refractivity contribution in [1.29, 1.82) is 0 Å². The number of anilines is 2. The van der Waals surface area contributed by atoms with Gasteiger partial charge in [-0.1, -0.05) is 58.0 Å². The van der Waals surface area contributed by atoms with Crippen molar-refractivity contribution in [3.05, 3.63) is 72.3 Å². The first-order chi connectivity index (χ1) is 18.8. The van der Waals surface area contributed by atoms with E-state index in [-0.39, 0.29) is 5.91 Å². The smallest absolute Gasteiger partial charge is 0.229 e. The Morgan fingerprint density at radius 2 is 1.69 bits per heavy atom. The average molecular weight is 526 g/mol. The summed E-state index contributed by atoms with van der Waals surface area (Å²) in [6.07, 6.45) is 1.04. The van der Waals surface area contributed by atoms with Gasteiger partial charge in [0.1, 0.15) is 23.7 Å². The number of rotatable bonds is 8. The van der Waals surface area contributed by atoms with Crippen molar-refractivity contribution in [2.24, 2.45) is 5.41 Å². The maximum Gasteiger partial charge on any atom is 0.229 e. The van der Waals surface area contributed by atoms with Gasteiger partial charge in [0, 0.05) is 49.4 Å². The number of hydrogen-bond acceptors (Lipinski definition) is 5. The van der Waals surface area contributed by atoms with Crippen molar-refractivity contribution in [2.75, 3.05) is 49.5 Å². The Labute approximate surface area is 231 Å². The third-order valence-corrected chi connectivity index (χ3v) is 7.31. The fourth-order valence-corrected chi connectivity index (χ4v) is 4.77. The van der Waals surface area contributed by atoms with Crippen LogP contribution in [-0.4, -0.2) is 60.1 Å². The van der Waals surface area contributed by atoms with Gasteiger partial charge in [-0.2, -0.15) is 0 Å². The van der Waals surface area contributed by atoms with Gasteiger partial charge in [0.2, 0.25) is 5.91 Å². The lowest BCUT2D eigenvalue weighted by molar-refractivity contribution is -0.123. The van der Waals surface area contributed by atoms with Crippen molar-refractivity contribution in [3.63, 3.8) is 0 Å². The lowest BCUT2D eigenvalue weighted by atomic mass is 9.95. The van der Waals surface area contributed by atoms with Gasteiger partial charge in [0.05, 0.1) is 11.2 Å². The first-order valence-corrected chi connectivity index (χ1v) is 13.9. The number of H-pyrrole nitrogens is 1. The van der Waals surface area contributed by atoms with Crippen LogP contribution in [0.4, 0.5) is 11.4 Å². The predicted octanol–water partition coefficient (Wildman–Crippen LogP) is 5.98. The number of carbonyl (C=O) groups is 1. The van der Waals surface area contributed by atoms with E-state index < -0.39 is 5.41 Å². The van der Waals surface area contributed by atoms with E-state index in [4.69, 9.17) is 9.72 Å². The lowest BCUT2D eigenvalue weighted by Gasteiger charge is -2.36. The highest BCUT2D eigenvalue weighted by molar-refractivity contribution is 5.94. The minimum atomic E-state index is -0.423. The second-order valence-corrected chi connectivity index (χ2v) is 11.2.